The van der Waals surface area contributed by atoms with Crippen molar-refractivity contribution in [3.8, 4) is 0 Å². The first kappa shape index (κ1) is 15.2. The van der Waals surface area contributed by atoms with Gasteiger partial charge < -0.3 is 5.32 Å². The predicted molar refractivity (Wildman–Crippen MR) is 84.3 cm³/mol. The number of carbonyl (C=O) groups is 1. The number of hydrogen-bond acceptors (Lipinski definition) is 2. The highest BCUT2D eigenvalue weighted by molar-refractivity contribution is 5.96. The van der Waals surface area contributed by atoms with Crippen molar-refractivity contribution in [3.63, 3.8) is 0 Å². The smallest absolute Gasteiger partial charge is 0.164 e. The SMILES string of the molecule is CCCc1ccc(C(=O)CC2(NC)CCCCC2)cc1. The first-order chi connectivity index (χ1) is 9.69. The summed E-state index contributed by atoms with van der Waals surface area (Å²) in [7, 11) is 2.00. The van der Waals surface area contributed by atoms with E-state index in [0.717, 1.165) is 31.2 Å². The molecule has 0 amide bonds. The molecule has 2 heteroatoms. The molecule has 1 saturated carbocycles. The number of ketones is 1. The quantitative estimate of drug-likeness (QED) is 0.789. The van der Waals surface area contributed by atoms with Crippen LogP contribution in [0.2, 0.25) is 0 Å². The standard InChI is InChI=1S/C18H27NO/c1-3-7-15-8-10-16(11-9-15)17(20)14-18(19-2)12-5-4-6-13-18/h8-11,19H,3-7,12-14H2,1-2H3. The number of hydrogen-bond donors (Lipinski definition) is 1. The Hall–Kier alpha value is -1.15. The Morgan fingerprint density at radius 3 is 2.35 bits per heavy atom. The molecule has 0 aromatic heterocycles. The van der Waals surface area contributed by atoms with Crippen LogP contribution in [-0.4, -0.2) is 18.4 Å². The number of Topliss-reactive ketones (excluding diaryl/α,β-unsaturated/α-hetero) is 1. The molecule has 1 aromatic carbocycles. The van der Waals surface area contributed by atoms with Crippen LogP contribution in [0.15, 0.2) is 24.3 Å². The minimum atomic E-state index is 0.0391. The van der Waals surface area contributed by atoms with Crippen LogP contribution in [0.5, 0.6) is 0 Å². The zero-order chi connectivity index (χ0) is 14.4. The average molecular weight is 273 g/mol. The summed E-state index contributed by atoms with van der Waals surface area (Å²) in [6.07, 6.45) is 8.92. The predicted octanol–water partition coefficient (Wildman–Crippen LogP) is 4.13. The summed E-state index contributed by atoms with van der Waals surface area (Å²) in [5.41, 5.74) is 2.23. The summed E-state index contributed by atoms with van der Waals surface area (Å²) < 4.78 is 0. The molecule has 1 N–H and O–H groups in total. The molecule has 0 unspecified atom stereocenters. The van der Waals surface area contributed by atoms with Gasteiger partial charge in [-0.1, -0.05) is 56.9 Å². The number of rotatable bonds is 6. The van der Waals surface area contributed by atoms with Gasteiger partial charge in [0.25, 0.3) is 0 Å². The lowest BCUT2D eigenvalue weighted by Crippen LogP contribution is -2.46. The van der Waals surface area contributed by atoms with E-state index in [4.69, 9.17) is 0 Å². The van der Waals surface area contributed by atoms with Crippen molar-refractivity contribution in [1.82, 2.24) is 5.32 Å². The van der Waals surface area contributed by atoms with Crippen LogP contribution >= 0.6 is 0 Å². The molecular weight excluding hydrogens is 246 g/mol. The summed E-state index contributed by atoms with van der Waals surface area (Å²) in [6.45, 7) is 2.18. The third-order valence-electron chi connectivity index (χ3n) is 4.65. The van der Waals surface area contributed by atoms with Gasteiger partial charge in [-0.2, -0.15) is 0 Å². The second-order valence-electron chi connectivity index (χ2n) is 6.14. The average Bonchev–Trinajstić information content (AvgIpc) is 2.49. The van der Waals surface area contributed by atoms with Crippen LogP contribution < -0.4 is 5.32 Å². The van der Waals surface area contributed by atoms with Crippen molar-refractivity contribution in [1.29, 1.82) is 0 Å². The highest BCUT2D eigenvalue weighted by Crippen LogP contribution is 2.31. The van der Waals surface area contributed by atoms with Crippen LogP contribution in [0.25, 0.3) is 0 Å². The minimum absolute atomic E-state index is 0.0391. The molecule has 1 aliphatic rings. The minimum Gasteiger partial charge on any atom is -0.314 e. The van der Waals surface area contributed by atoms with E-state index in [1.165, 1.54) is 24.8 Å². The molecule has 1 fully saturated rings. The maximum absolute atomic E-state index is 12.5. The van der Waals surface area contributed by atoms with E-state index < -0.39 is 0 Å². The van der Waals surface area contributed by atoms with E-state index in [0.29, 0.717) is 6.42 Å². The van der Waals surface area contributed by atoms with Crippen molar-refractivity contribution >= 4 is 5.78 Å². The fourth-order valence-corrected chi connectivity index (χ4v) is 3.30. The molecule has 110 valence electrons. The Kier molecular flexibility index (Phi) is 5.36. The Morgan fingerprint density at radius 2 is 1.80 bits per heavy atom. The number of aryl methyl sites for hydroxylation is 1. The topological polar surface area (TPSA) is 29.1 Å². The second-order valence-corrected chi connectivity index (χ2v) is 6.14. The van der Waals surface area contributed by atoms with Gasteiger partial charge >= 0.3 is 0 Å². The first-order valence-corrected chi connectivity index (χ1v) is 8.00. The molecule has 20 heavy (non-hydrogen) atoms. The Bertz CT molecular complexity index is 429. The summed E-state index contributed by atoms with van der Waals surface area (Å²) in [5.74, 6) is 0.282. The van der Waals surface area contributed by atoms with Crippen LogP contribution in [0, 0.1) is 0 Å². The summed E-state index contributed by atoms with van der Waals surface area (Å²) in [4.78, 5) is 12.5. The van der Waals surface area contributed by atoms with Gasteiger partial charge in [0.1, 0.15) is 0 Å². The summed E-state index contributed by atoms with van der Waals surface area (Å²) >= 11 is 0. The van der Waals surface area contributed by atoms with Crippen molar-refractivity contribution < 1.29 is 4.79 Å². The number of benzene rings is 1. The normalized spacial score (nSPS) is 17.9. The van der Waals surface area contributed by atoms with E-state index >= 15 is 0 Å². The number of nitrogens with one attached hydrogen (secondary N) is 1. The van der Waals surface area contributed by atoms with Gasteiger partial charge in [0.15, 0.2) is 5.78 Å². The van der Waals surface area contributed by atoms with Gasteiger partial charge in [0.05, 0.1) is 0 Å². The van der Waals surface area contributed by atoms with E-state index in [-0.39, 0.29) is 11.3 Å². The van der Waals surface area contributed by atoms with Gasteiger partial charge in [-0.15, -0.1) is 0 Å². The van der Waals surface area contributed by atoms with Crippen LogP contribution in [-0.2, 0) is 6.42 Å². The Morgan fingerprint density at radius 1 is 1.15 bits per heavy atom. The highest BCUT2D eigenvalue weighted by Gasteiger charge is 2.32. The molecule has 2 rings (SSSR count). The largest absolute Gasteiger partial charge is 0.314 e. The second kappa shape index (κ2) is 7.03. The van der Waals surface area contributed by atoms with Gasteiger partial charge in [0.2, 0.25) is 0 Å². The van der Waals surface area contributed by atoms with Crippen molar-refractivity contribution in [3.05, 3.63) is 35.4 Å². The van der Waals surface area contributed by atoms with Crippen LogP contribution in [0.1, 0.15) is 67.8 Å². The van der Waals surface area contributed by atoms with E-state index in [1.54, 1.807) is 0 Å². The van der Waals surface area contributed by atoms with E-state index in [9.17, 15) is 4.79 Å². The van der Waals surface area contributed by atoms with Gasteiger partial charge in [-0.05, 0) is 31.9 Å². The zero-order valence-corrected chi connectivity index (χ0v) is 12.9. The summed E-state index contributed by atoms with van der Waals surface area (Å²) in [6, 6.07) is 8.20. The third-order valence-corrected chi connectivity index (χ3v) is 4.65. The van der Waals surface area contributed by atoms with Gasteiger partial charge in [0, 0.05) is 17.5 Å². The lowest BCUT2D eigenvalue weighted by Gasteiger charge is -2.36. The maximum atomic E-state index is 12.5. The fourth-order valence-electron chi connectivity index (χ4n) is 3.30. The van der Waals surface area contributed by atoms with Crippen molar-refractivity contribution in [2.45, 2.75) is 63.8 Å². The summed E-state index contributed by atoms with van der Waals surface area (Å²) in [5, 5.41) is 3.43. The van der Waals surface area contributed by atoms with Crippen LogP contribution in [0.4, 0.5) is 0 Å². The molecule has 0 bridgehead atoms. The van der Waals surface area contributed by atoms with Crippen molar-refractivity contribution in [2.75, 3.05) is 7.05 Å². The third kappa shape index (κ3) is 3.69. The molecule has 0 aliphatic heterocycles. The Balaban J connectivity index is 2.03. The highest BCUT2D eigenvalue weighted by atomic mass is 16.1. The zero-order valence-electron chi connectivity index (χ0n) is 12.9. The van der Waals surface area contributed by atoms with Gasteiger partial charge in [-0.3, -0.25) is 4.79 Å². The van der Waals surface area contributed by atoms with Crippen LogP contribution in [0.3, 0.4) is 0 Å². The molecule has 0 spiro atoms. The maximum Gasteiger partial charge on any atom is 0.164 e. The monoisotopic (exact) mass is 273 g/mol. The Labute approximate surface area is 123 Å². The molecule has 2 nitrogen and oxygen atoms in total. The van der Waals surface area contributed by atoms with E-state index in [1.807, 2.05) is 19.2 Å². The molecule has 0 heterocycles. The molecule has 1 aliphatic carbocycles. The molecule has 0 saturated heterocycles. The van der Waals surface area contributed by atoms with E-state index in [2.05, 4.69) is 24.4 Å². The van der Waals surface area contributed by atoms with Crippen molar-refractivity contribution in [2.24, 2.45) is 0 Å². The molecular formula is C18H27NO. The lowest BCUT2D eigenvalue weighted by atomic mass is 9.77. The molecule has 1 aromatic rings. The molecule has 0 atom stereocenters. The fraction of sp³-hybridized carbons (Fsp3) is 0.611. The molecule has 0 radical (unpaired) electrons. The number of carbonyl (C=O) groups excluding carboxylic acids is 1. The first-order valence-electron chi connectivity index (χ1n) is 8.00. The van der Waals surface area contributed by atoms with Gasteiger partial charge in [-0.25, -0.2) is 0 Å². The lowest BCUT2D eigenvalue weighted by molar-refractivity contribution is 0.0915.